The van der Waals surface area contributed by atoms with E-state index in [-0.39, 0.29) is 76.2 Å². The zero-order chi connectivity index (χ0) is 17.2. The minimum Gasteiger partial charge on any atom is -0.315 e. The molecule has 2 heteroatoms. The molecule has 0 saturated carbocycles. The second-order valence-corrected chi connectivity index (χ2v) is 7.21. The van der Waals surface area contributed by atoms with Crippen LogP contribution in [0.1, 0.15) is 49.9 Å². The van der Waals surface area contributed by atoms with Gasteiger partial charge in [-0.2, -0.15) is 71.8 Å². The van der Waals surface area contributed by atoms with Crippen LogP contribution in [0.4, 0.5) is 0 Å². The van der Waals surface area contributed by atoms with E-state index in [0.29, 0.717) is 0 Å². The third-order valence-electron chi connectivity index (χ3n) is 4.86. The molecule has 0 atom stereocenters. The van der Waals surface area contributed by atoms with Gasteiger partial charge in [0, 0.05) is 65.4 Å². The Kier molecular flexibility index (Phi) is 9.08. The fourth-order valence-electron chi connectivity index (χ4n) is 2.96. The average molecular weight is 488 g/mol. The van der Waals surface area contributed by atoms with Gasteiger partial charge in [0.15, 0.2) is 0 Å². The summed E-state index contributed by atoms with van der Waals surface area (Å²) in [7, 11) is 0. The van der Waals surface area contributed by atoms with Crippen molar-refractivity contribution in [3.63, 3.8) is 0 Å². The Hall–Kier alpha value is -0.132. The van der Waals surface area contributed by atoms with E-state index in [1.54, 1.807) is 0 Å². The molecule has 3 aromatic carbocycles. The summed E-state index contributed by atoms with van der Waals surface area (Å²) in [6.07, 6.45) is 0. The van der Waals surface area contributed by atoms with Gasteiger partial charge in [-0.25, -0.2) is 0 Å². The van der Waals surface area contributed by atoms with Gasteiger partial charge in [0.25, 0.3) is 0 Å². The van der Waals surface area contributed by atoms with Crippen LogP contribution in [0.2, 0.25) is 0 Å². The second kappa shape index (κ2) is 9.88. The van der Waals surface area contributed by atoms with E-state index >= 15 is 0 Å². The fourth-order valence-corrected chi connectivity index (χ4v) is 2.96. The Morgan fingerprint density at radius 3 is 1.19 bits per heavy atom. The molecule has 3 rings (SSSR count). The number of hydrogen-bond acceptors (Lipinski definition) is 0. The minimum absolute atomic E-state index is 0. The Morgan fingerprint density at radius 1 is 0.538 bits per heavy atom. The first-order chi connectivity index (χ1) is 11.4. The molecule has 0 nitrogen and oxygen atoms in total. The standard InChI is InChI=1S/C24H22.2Y/c1-23(2,19-11-7-5-8-12-19)21-15-17-22(18-16-21)24(3,4)20-13-9-6-10-14-20;;/h5-11,13,15,18H,1-4H3;;/q-4;;. The van der Waals surface area contributed by atoms with E-state index in [2.05, 4.69) is 88.4 Å². The molecule has 0 heterocycles. The Labute approximate surface area is 209 Å². The molecule has 0 saturated heterocycles. The molecular formula is C24H22Y2-4. The maximum absolute atomic E-state index is 3.49. The molecule has 3 aromatic rings. The molecule has 26 heavy (non-hydrogen) atoms. The largest absolute Gasteiger partial charge is 0.315 e. The summed E-state index contributed by atoms with van der Waals surface area (Å²) in [5.74, 6) is 0. The molecule has 128 valence electrons. The first kappa shape index (κ1) is 23.9. The molecule has 0 bridgehead atoms. The first-order valence-corrected chi connectivity index (χ1v) is 8.31. The third kappa shape index (κ3) is 5.02. The van der Waals surface area contributed by atoms with Crippen LogP contribution in [-0.4, -0.2) is 0 Å². The van der Waals surface area contributed by atoms with Gasteiger partial charge in [0.2, 0.25) is 0 Å². The van der Waals surface area contributed by atoms with Crippen LogP contribution in [-0.2, 0) is 76.2 Å². The van der Waals surface area contributed by atoms with Crippen LogP contribution in [0, 0.1) is 24.3 Å². The van der Waals surface area contributed by atoms with Gasteiger partial charge in [-0.3, -0.25) is 23.3 Å². The molecule has 0 aliphatic carbocycles. The van der Waals surface area contributed by atoms with Gasteiger partial charge in [-0.05, 0) is 0 Å². The monoisotopic (exact) mass is 488 g/mol. The van der Waals surface area contributed by atoms with Crippen molar-refractivity contribution in [2.75, 3.05) is 0 Å². The number of benzene rings is 3. The van der Waals surface area contributed by atoms with E-state index in [1.165, 1.54) is 0 Å². The summed E-state index contributed by atoms with van der Waals surface area (Å²) >= 11 is 0. The van der Waals surface area contributed by atoms with Crippen molar-refractivity contribution in [2.45, 2.75) is 38.5 Å². The number of rotatable bonds is 4. The molecule has 0 spiro atoms. The first-order valence-electron chi connectivity index (χ1n) is 8.31. The SMILES string of the molecule is CC(C)(c1[c-]cc(C(C)(C)c2[c-]cccc2)[c-]c1)c1[c-]cccc1.[Y].[Y]. The van der Waals surface area contributed by atoms with Crippen LogP contribution in [0.15, 0.2) is 60.7 Å². The van der Waals surface area contributed by atoms with Crippen LogP contribution in [0.25, 0.3) is 0 Å². The average Bonchev–Trinajstić information content (AvgIpc) is 2.63. The van der Waals surface area contributed by atoms with Gasteiger partial charge in [0.1, 0.15) is 0 Å². The van der Waals surface area contributed by atoms with E-state index in [0.717, 1.165) is 22.3 Å². The second-order valence-electron chi connectivity index (χ2n) is 7.21. The molecule has 2 radical (unpaired) electrons. The third-order valence-corrected chi connectivity index (χ3v) is 4.86. The van der Waals surface area contributed by atoms with Crippen molar-refractivity contribution in [3.05, 3.63) is 107 Å². The molecule has 0 aromatic heterocycles. The minimum atomic E-state index is -0.140. The van der Waals surface area contributed by atoms with E-state index in [4.69, 9.17) is 0 Å². The Morgan fingerprint density at radius 2 is 0.923 bits per heavy atom. The van der Waals surface area contributed by atoms with Crippen molar-refractivity contribution >= 4 is 0 Å². The summed E-state index contributed by atoms with van der Waals surface area (Å²) in [5.41, 5.74) is 4.30. The molecule has 0 aliphatic rings. The van der Waals surface area contributed by atoms with E-state index < -0.39 is 0 Å². The molecule has 0 fully saturated rings. The number of hydrogen-bond donors (Lipinski definition) is 0. The van der Waals surface area contributed by atoms with Crippen molar-refractivity contribution in [3.8, 4) is 0 Å². The van der Waals surface area contributed by atoms with Crippen molar-refractivity contribution < 1.29 is 65.4 Å². The summed E-state index contributed by atoms with van der Waals surface area (Å²) in [5, 5.41) is 0. The summed E-state index contributed by atoms with van der Waals surface area (Å²) < 4.78 is 0. The van der Waals surface area contributed by atoms with Crippen LogP contribution < -0.4 is 0 Å². The topological polar surface area (TPSA) is 0 Å². The summed E-state index contributed by atoms with van der Waals surface area (Å²) in [4.78, 5) is 0. The maximum Gasteiger partial charge on any atom is 0 e. The quantitative estimate of drug-likeness (QED) is 0.424. The van der Waals surface area contributed by atoms with Gasteiger partial charge < -0.3 is 12.1 Å². The molecule has 0 N–H and O–H groups in total. The summed E-state index contributed by atoms with van der Waals surface area (Å²) in [6, 6.07) is 34.1. The van der Waals surface area contributed by atoms with E-state index in [1.807, 2.05) is 24.3 Å². The smallest absolute Gasteiger partial charge is 0 e. The van der Waals surface area contributed by atoms with Gasteiger partial charge in [-0.15, -0.1) is 0 Å². The van der Waals surface area contributed by atoms with Gasteiger partial charge in [0.05, 0.1) is 0 Å². The predicted octanol–water partition coefficient (Wildman–Crippen LogP) is 5.53. The van der Waals surface area contributed by atoms with Crippen molar-refractivity contribution in [1.82, 2.24) is 0 Å². The molecule has 0 unspecified atom stereocenters. The zero-order valence-electron chi connectivity index (χ0n) is 15.9. The van der Waals surface area contributed by atoms with Crippen LogP contribution in [0.5, 0.6) is 0 Å². The van der Waals surface area contributed by atoms with Crippen molar-refractivity contribution in [1.29, 1.82) is 0 Å². The van der Waals surface area contributed by atoms with Crippen molar-refractivity contribution in [2.24, 2.45) is 0 Å². The zero-order valence-corrected chi connectivity index (χ0v) is 21.6. The summed E-state index contributed by atoms with van der Waals surface area (Å²) in [6.45, 7) is 8.81. The fraction of sp³-hybridized carbons (Fsp3) is 0.250. The van der Waals surface area contributed by atoms with Gasteiger partial charge in [-0.1, -0.05) is 38.5 Å². The van der Waals surface area contributed by atoms with Crippen LogP contribution >= 0.6 is 0 Å². The maximum atomic E-state index is 3.49. The Bertz CT molecular complexity index is 718. The van der Waals surface area contributed by atoms with Gasteiger partial charge >= 0.3 is 0 Å². The molecule has 0 amide bonds. The predicted molar refractivity (Wildman–Crippen MR) is 98.9 cm³/mol. The van der Waals surface area contributed by atoms with E-state index in [9.17, 15) is 0 Å². The Balaban J connectivity index is 0.00000169. The normalized spacial score (nSPS) is 11.2. The molecule has 0 aliphatic heterocycles. The molecular weight excluding hydrogens is 466 g/mol. The van der Waals surface area contributed by atoms with Crippen LogP contribution in [0.3, 0.4) is 0 Å².